The predicted octanol–water partition coefficient (Wildman–Crippen LogP) is 8.98. The maximum Gasteiger partial charge on any atom is 0.407 e. The Morgan fingerprint density at radius 1 is 0.909 bits per heavy atom. The van der Waals surface area contributed by atoms with Crippen LogP contribution in [0.25, 0.3) is 44.2 Å². The summed E-state index contributed by atoms with van der Waals surface area (Å²) in [6.07, 6.45) is 2.74. The van der Waals surface area contributed by atoms with Gasteiger partial charge in [0.25, 0.3) is 0 Å². The van der Waals surface area contributed by atoms with Crippen LogP contribution in [-0.4, -0.2) is 104 Å². The van der Waals surface area contributed by atoms with Crippen LogP contribution in [-0.2, 0) is 25.7 Å². The Bertz CT molecular complexity index is 2560. The fourth-order valence-corrected chi connectivity index (χ4v) is 9.54. The molecule has 2 saturated heterocycles. The van der Waals surface area contributed by atoms with Gasteiger partial charge in [-0.25, -0.2) is 19.6 Å². The molecule has 0 spiro atoms. The number of fused-ring (bicyclic) bond motifs is 6. The lowest BCUT2D eigenvalue weighted by Crippen LogP contribution is -2.52. The predicted molar refractivity (Wildman–Crippen MR) is 253 cm³/mol. The summed E-state index contributed by atoms with van der Waals surface area (Å²) in [5, 5.41) is 16.7. The van der Waals surface area contributed by atoms with Gasteiger partial charge in [0.2, 0.25) is 11.8 Å². The number of rotatable bonds is 12. The molecule has 7 atom stereocenters. The minimum absolute atomic E-state index is 0.0336. The van der Waals surface area contributed by atoms with Gasteiger partial charge in [0, 0.05) is 36.6 Å². The molecule has 2 aromatic heterocycles. The number of likely N-dealkylation sites (tertiary alicyclic amines) is 2. The molecule has 16 heteroatoms. The summed E-state index contributed by atoms with van der Waals surface area (Å²) in [5.74, 6) is 2.26. The molecular formula is C50H66N8O8. The van der Waals surface area contributed by atoms with Crippen LogP contribution in [0.5, 0.6) is 5.75 Å². The van der Waals surface area contributed by atoms with E-state index in [2.05, 4.69) is 71.7 Å². The highest BCUT2D eigenvalue weighted by Gasteiger charge is 2.43. The molecule has 0 aliphatic carbocycles. The van der Waals surface area contributed by atoms with E-state index in [1.165, 1.54) is 7.11 Å². The largest absolute Gasteiger partial charge is 0.488 e. The van der Waals surface area contributed by atoms with E-state index in [0.717, 1.165) is 74.3 Å². The Morgan fingerprint density at radius 3 is 2.35 bits per heavy atom. The van der Waals surface area contributed by atoms with Crippen molar-refractivity contribution in [2.45, 2.75) is 118 Å². The van der Waals surface area contributed by atoms with Crippen molar-refractivity contribution in [3.63, 3.8) is 0 Å². The molecule has 3 aliphatic rings. The van der Waals surface area contributed by atoms with Crippen molar-refractivity contribution in [3.8, 4) is 28.1 Å². The van der Waals surface area contributed by atoms with E-state index in [0.29, 0.717) is 44.2 Å². The Morgan fingerprint density at radius 2 is 1.67 bits per heavy atom. The van der Waals surface area contributed by atoms with E-state index >= 15 is 0 Å². The molecule has 0 unspecified atom stereocenters. The monoisotopic (exact) mass is 907 g/mol. The third-order valence-corrected chi connectivity index (χ3v) is 13.0. The molecule has 0 bridgehead atoms. The van der Waals surface area contributed by atoms with Crippen LogP contribution in [0.15, 0.2) is 48.7 Å². The SMILES string of the molecule is CC(C)C.CC[C@H](C)[C@H](NC(=O)O)C(=O)N1C[C@@H](COC)C[C@H]1c1ncc(-c2ccc3c(c2)COc2cc4c(ccc5[nH]c([C@@H]6CC[C@H](C)N6C(=O)[C@@H](NC(=O)OC)C(C)C)nc54)cc2-3)[nH]1. The first-order valence-electron chi connectivity index (χ1n) is 23.3. The number of carboxylic acid groups (broad SMARTS) is 1. The number of carbonyl (C=O) groups is 4. The number of nitrogens with one attached hydrogen (secondary N) is 4. The number of aromatic amines is 2. The third kappa shape index (κ3) is 9.84. The highest BCUT2D eigenvalue weighted by molar-refractivity contribution is 6.07. The first-order valence-corrected chi connectivity index (χ1v) is 23.3. The summed E-state index contributed by atoms with van der Waals surface area (Å²) < 4.78 is 16.7. The standard InChI is InChI=1S/C46H56N8O8.C4H10/c1-8-24(4)39(51-45(57)58)43(55)53-20-26(21-60-6)15-36(53)41-47-19-34(49-41)28-10-12-30-29(16-28)22-62-37-18-31-27(17-32(30)37)11-13-33-40(31)50-42(48-33)35-14-9-25(5)54(35)44(56)38(23(2)3)52-46(59)61-7;1-4(2)3/h10-13,16-19,23-26,35-36,38-39,51H,8-9,14-15,20-22H2,1-7H3,(H,47,49)(H,48,50)(H,52,59)(H,57,58);4H,1-3H3/t24-,25-,26-,35-,36-,38-,39-;/m0./s1. The highest BCUT2D eigenvalue weighted by Crippen LogP contribution is 2.44. The summed E-state index contributed by atoms with van der Waals surface area (Å²) in [4.78, 5) is 72.2. The number of methoxy groups -OCH3 is 2. The molecule has 5 aromatic rings. The minimum Gasteiger partial charge on any atom is -0.488 e. The smallest absolute Gasteiger partial charge is 0.407 e. The number of nitrogens with zero attached hydrogens (tertiary/aromatic N) is 4. The third-order valence-electron chi connectivity index (χ3n) is 13.0. The van der Waals surface area contributed by atoms with Crippen molar-refractivity contribution in [1.29, 1.82) is 0 Å². The molecule has 16 nitrogen and oxygen atoms in total. The summed E-state index contributed by atoms with van der Waals surface area (Å²) in [7, 11) is 2.93. The molecule has 4 amide bonds. The number of hydrogen-bond acceptors (Lipinski definition) is 9. The van der Waals surface area contributed by atoms with Crippen molar-refractivity contribution in [1.82, 2.24) is 40.4 Å². The van der Waals surface area contributed by atoms with E-state index in [-0.39, 0.29) is 47.7 Å². The van der Waals surface area contributed by atoms with Gasteiger partial charge in [0.1, 0.15) is 36.1 Å². The highest BCUT2D eigenvalue weighted by atomic mass is 16.5. The van der Waals surface area contributed by atoms with Crippen molar-refractivity contribution in [3.05, 3.63) is 65.9 Å². The van der Waals surface area contributed by atoms with Crippen molar-refractivity contribution in [2.75, 3.05) is 27.4 Å². The normalized spacial score (nSPS) is 20.3. The van der Waals surface area contributed by atoms with Gasteiger partial charge in [0.15, 0.2) is 0 Å². The summed E-state index contributed by atoms with van der Waals surface area (Å²) in [5.41, 5.74) is 6.42. The number of benzene rings is 3. The van der Waals surface area contributed by atoms with Gasteiger partial charge < -0.3 is 49.7 Å². The lowest BCUT2D eigenvalue weighted by molar-refractivity contribution is -0.137. The zero-order chi connectivity index (χ0) is 47.6. The van der Waals surface area contributed by atoms with E-state index < -0.39 is 24.3 Å². The van der Waals surface area contributed by atoms with E-state index in [1.807, 2.05) is 51.7 Å². The zero-order valence-electron chi connectivity index (χ0n) is 39.9. The van der Waals surface area contributed by atoms with Crippen LogP contribution in [0.4, 0.5) is 9.59 Å². The number of imidazole rings is 2. The molecule has 0 saturated carbocycles. The van der Waals surface area contributed by atoms with Gasteiger partial charge in [-0.3, -0.25) is 9.59 Å². The summed E-state index contributed by atoms with van der Waals surface area (Å²) in [6.45, 7) is 17.4. The molecule has 8 rings (SSSR count). The molecule has 5 heterocycles. The molecular weight excluding hydrogens is 841 g/mol. The number of ether oxygens (including phenoxy) is 3. The molecule has 354 valence electrons. The molecule has 0 radical (unpaired) electrons. The molecule has 5 N–H and O–H groups in total. The van der Waals surface area contributed by atoms with E-state index in [9.17, 15) is 24.3 Å². The van der Waals surface area contributed by atoms with Crippen LogP contribution >= 0.6 is 0 Å². The lowest BCUT2D eigenvalue weighted by Gasteiger charge is -2.32. The quantitative estimate of drug-likeness (QED) is 0.0804. The summed E-state index contributed by atoms with van der Waals surface area (Å²) >= 11 is 0. The van der Waals surface area contributed by atoms with Crippen molar-refractivity contribution >= 4 is 45.8 Å². The van der Waals surface area contributed by atoms with Gasteiger partial charge in [-0.2, -0.15) is 0 Å². The minimum atomic E-state index is -1.23. The van der Waals surface area contributed by atoms with Gasteiger partial charge in [-0.05, 0) is 90.3 Å². The van der Waals surface area contributed by atoms with Gasteiger partial charge in [-0.1, -0.05) is 73.1 Å². The molecule has 3 aromatic carbocycles. The maximum absolute atomic E-state index is 14.0. The Hall–Kier alpha value is -6.16. The average molecular weight is 907 g/mol. The zero-order valence-corrected chi connectivity index (χ0v) is 39.9. The number of alkyl carbamates (subject to hydrolysis) is 1. The number of carbonyl (C=O) groups excluding carboxylic acids is 3. The maximum atomic E-state index is 14.0. The van der Waals surface area contributed by atoms with Gasteiger partial charge in [-0.15, -0.1) is 0 Å². The van der Waals surface area contributed by atoms with E-state index in [4.69, 9.17) is 24.2 Å². The van der Waals surface area contributed by atoms with Crippen LogP contribution < -0.4 is 15.4 Å². The topological polar surface area (TPSA) is 204 Å². The number of hydrogen-bond donors (Lipinski definition) is 5. The van der Waals surface area contributed by atoms with E-state index in [1.54, 1.807) is 18.2 Å². The first kappa shape index (κ1) is 47.8. The number of H-pyrrole nitrogens is 2. The molecule has 3 aliphatic heterocycles. The summed E-state index contributed by atoms with van der Waals surface area (Å²) in [6, 6.07) is 12.3. The fourth-order valence-electron chi connectivity index (χ4n) is 9.54. The van der Waals surface area contributed by atoms with Crippen molar-refractivity contribution < 1.29 is 38.5 Å². The van der Waals surface area contributed by atoms with Gasteiger partial charge >= 0.3 is 12.2 Å². The number of aromatic nitrogens is 4. The average Bonchev–Trinajstić information content (AvgIpc) is 4.11. The Labute approximate surface area is 386 Å². The Kier molecular flexibility index (Phi) is 14.6. The van der Waals surface area contributed by atoms with Gasteiger partial charge in [0.05, 0.1) is 48.7 Å². The second-order valence-corrected chi connectivity index (χ2v) is 19.1. The second kappa shape index (κ2) is 20.1. The Balaban J connectivity index is 0.00000156. The first-order chi connectivity index (χ1) is 31.5. The van der Waals surface area contributed by atoms with Crippen LogP contribution in [0.2, 0.25) is 0 Å². The van der Waals surface area contributed by atoms with Crippen LogP contribution in [0.1, 0.15) is 110 Å². The molecule has 66 heavy (non-hydrogen) atoms. The fraction of sp³-hybridized carbons (Fsp3) is 0.520. The van der Waals surface area contributed by atoms with Crippen molar-refractivity contribution in [2.24, 2.45) is 23.7 Å². The van der Waals surface area contributed by atoms with Crippen LogP contribution in [0.3, 0.4) is 0 Å². The van der Waals surface area contributed by atoms with Crippen LogP contribution in [0, 0.1) is 23.7 Å². The molecule has 2 fully saturated rings. The second-order valence-electron chi connectivity index (χ2n) is 19.1. The number of amides is 4. The lowest BCUT2D eigenvalue weighted by atomic mass is 9.92.